The molecule has 31 heavy (non-hydrogen) atoms. The minimum Gasteiger partial charge on any atom is -0.308 e. The van der Waals surface area contributed by atoms with Crippen molar-refractivity contribution >= 4 is 17.4 Å². The number of benzene rings is 2. The Labute approximate surface area is 186 Å². The number of carbonyl (C=O) groups excluding carboxylic acids is 1. The van der Waals surface area contributed by atoms with Crippen LogP contribution in [0.25, 0.3) is 0 Å². The van der Waals surface area contributed by atoms with E-state index in [2.05, 4.69) is 74.8 Å². The molecule has 1 saturated heterocycles. The third-order valence-corrected chi connectivity index (χ3v) is 6.86. The van der Waals surface area contributed by atoms with Gasteiger partial charge in [-0.25, -0.2) is 4.79 Å². The van der Waals surface area contributed by atoms with E-state index in [-0.39, 0.29) is 11.4 Å². The minimum absolute atomic E-state index is 0.0383. The number of nitrogens with one attached hydrogen (secondary N) is 1. The first kappa shape index (κ1) is 21.6. The molecular formula is C27H35N3O. The van der Waals surface area contributed by atoms with Gasteiger partial charge in [0.15, 0.2) is 0 Å². The summed E-state index contributed by atoms with van der Waals surface area (Å²) in [6.07, 6.45) is 2.15. The highest BCUT2D eigenvalue weighted by atomic mass is 16.2. The summed E-state index contributed by atoms with van der Waals surface area (Å²) in [7, 11) is 0. The number of carbonyl (C=O) groups is 1. The number of aryl methyl sites for hydroxylation is 1. The molecule has 0 atom stereocenters. The first-order valence-corrected chi connectivity index (χ1v) is 11.4. The average Bonchev–Trinajstić information content (AvgIpc) is 3.03. The molecule has 0 saturated carbocycles. The van der Waals surface area contributed by atoms with Crippen LogP contribution in [-0.4, -0.2) is 37.1 Å². The van der Waals surface area contributed by atoms with Crippen molar-refractivity contribution in [2.24, 2.45) is 0 Å². The van der Waals surface area contributed by atoms with Crippen molar-refractivity contribution in [1.29, 1.82) is 0 Å². The first-order chi connectivity index (χ1) is 14.8. The van der Waals surface area contributed by atoms with Crippen LogP contribution in [0.1, 0.15) is 56.2 Å². The summed E-state index contributed by atoms with van der Waals surface area (Å²) in [5, 5.41) is 3.13. The fraction of sp³-hybridized carbons (Fsp3) is 0.444. The Morgan fingerprint density at radius 3 is 2.42 bits per heavy atom. The monoisotopic (exact) mass is 417 g/mol. The van der Waals surface area contributed by atoms with Gasteiger partial charge in [0, 0.05) is 29.9 Å². The van der Waals surface area contributed by atoms with Gasteiger partial charge in [-0.2, -0.15) is 0 Å². The second-order valence-corrected chi connectivity index (χ2v) is 9.83. The fourth-order valence-corrected chi connectivity index (χ4v) is 5.05. The zero-order valence-corrected chi connectivity index (χ0v) is 19.4. The second-order valence-electron chi connectivity index (χ2n) is 9.83. The Bertz CT molecular complexity index is 968. The maximum absolute atomic E-state index is 13.3. The van der Waals surface area contributed by atoms with Crippen LogP contribution in [0.5, 0.6) is 0 Å². The number of piperidine rings is 1. The van der Waals surface area contributed by atoms with Crippen molar-refractivity contribution < 1.29 is 4.79 Å². The van der Waals surface area contributed by atoms with Gasteiger partial charge in [0.2, 0.25) is 0 Å². The van der Waals surface area contributed by atoms with Gasteiger partial charge in [-0.05, 0) is 75.0 Å². The zero-order valence-electron chi connectivity index (χ0n) is 19.4. The van der Waals surface area contributed by atoms with E-state index < -0.39 is 0 Å². The molecule has 1 fully saturated rings. The number of rotatable bonds is 4. The molecule has 164 valence electrons. The molecule has 4 rings (SSSR count). The van der Waals surface area contributed by atoms with Crippen molar-refractivity contribution in [3.8, 4) is 0 Å². The van der Waals surface area contributed by atoms with Gasteiger partial charge >= 0.3 is 6.03 Å². The summed E-state index contributed by atoms with van der Waals surface area (Å²) in [6, 6.07) is 14.7. The van der Waals surface area contributed by atoms with Crippen LogP contribution in [0.2, 0.25) is 0 Å². The van der Waals surface area contributed by atoms with E-state index in [1.54, 1.807) is 0 Å². The lowest BCUT2D eigenvalue weighted by atomic mass is 9.74. The minimum atomic E-state index is -0.0383. The zero-order chi connectivity index (χ0) is 22.2. The normalized spacial score (nSPS) is 17.8. The molecule has 1 N–H and O–H groups in total. The van der Waals surface area contributed by atoms with Crippen LogP contribution in [0.4, 0.5) is 16.2 Å². The van der Waals surface area contributed by atoms with Crippen molar-refractivity contribution in [1.82, 2.24) is 4.90 Å². The number of fused-ring (bicyclic) bond motifs is 2. The van der Waals surface area contributed by atoms with Crippen LogP contribution < -0.4 is 10.2 Å². The molecule has 4 nitrogen and oxygen atoms in total. The Balaban J connectivity index is 1.54. The van der Waals surface area contributed by atoms with Gasteiger partial charge in [-0.1, -0.05) is 55.8 Å². The highest BCUT2D eigenvalue weighted by Crippen LogP contribution is 2.47. The predicted molar refractivity (Wildman–Crippen MR) is 130 cm³/mol. The Hall–Kier alpha value is -2.59. The molecule has 2 aliphatic heterocycles. The molecule has 0 aromatic heterocycles. The van der Waals surface area contributed by atoms with Gasteiger partial charge in [-0.15, -0.1) is 0 Å². The molecule has 2 aromatic rings. The van der Waals surface area contributed by atoms with Crippen molar-refractivity contribution in [3.63, 3.8) is 0 Å². The highest BCUT2D eigenvalue weighted by Gasteiger charge is 2.46. The lowest BCUT2D eigenvalue weighted by Crippen LogP contribution is -2.47. The van der Waals surface area contributed by atoms with Crippen LogP contribution in [-0.2, 0) is 5.41 Å². The lowest BCUT2D eigenvalue weighted by Gasteiger charge is -2.40. The number of nitrogens with zero attached hydrogens (tertiary/aromatic N) is 2. The largest absolute Gasteiger partial charge is 0.326 e. The Kier molecular flexibility index (Phi) is 5.94. The van der Waals surface area contributed by atoms with E-state index in [0.717, 1.165) is 50.4 Å². The topological polar surface area (TPSA) is 35.6 Å². The number of urea groups is 1. The molecule has 2 amide bonds. The summed E-state index contributed by atoms with van der Waals surface area (Å²) < 4.78 is 0. The Morgan fingerprint density at radius 1 is 1.13 bits per heavy atom. The van der Waals surface area contributed by atoms with Crippen molar-refractivity contribution in [2.75, 3.05) is 36.4 Å². The van der Waals surface area contributed by atoms with E-state index in [0.29, 0.717) is 5.92 Å². The molecule has 0 radical (unpaired) electrons. The third kappa shape index (κ3) is 4.40. The number of anilines is 2. The maximum Gasteiger partial charge on any atom is 0.326 e. The molecule has 0 bridgehead atoms. The van der Waals surface area contributed by atoms with E-state index in [9.17, 15) is 4.79 Å². The van der Waals surface area contributed by atoms with Crippen LogP contribution in [0, 0.1) is 6.92 Å². The van der Waals surface area contributed by atoms with E-state index in [1.807, 2.05) is 17.0 Å². The quantitative estimate of drug-likeness (QED) is 0.612. The molecule has 4 heteroatoms. The van der Waals surface area contributed by atoms with Gasteiger partial charge in [0.05, 0.1) is 0 Å². The van der Waals surface area contributed by atoms with Gasteiger partial charge < -0.3 is 5.32 Å². The summed E-state index contributed by atoms with van der Waals surface area (Å²) in [4.78, 5) is 17.8. The molecular weight excluding hydrogens is 382 g/mol. The van der Waals surface area contributed by atoms with Crippen molar-refractivity contribution in [2.45, 2.75) is 51.9 Å². The molecule has 2 aromatic carbocycles. The van der Waals surface area contributed by atoms with E-state index in [4.69, 9.17) is 0 Å². The molecule has 1 spiro atoms. The van der Waals surface area contributed by atoms with Gasteiger partial charge in [-0.3, -0.25) is 9.80 Å². The Morgan fingerprint density at radius 2 is 1.81 bits per heavy atom. The number of hydrogen-bond acceptors (Lipinski definition) is 2. The average molecular weight is 418 g/mol. The first-order valence-electron chi connectivity index (χ1n) is 11.4. The van der Waals surface area contributed by atoms with E-state index in [1.165, 1.54) is 22.3 Å². The molecule has 2 aliphatic rings. The fourth-order valence-electron chi connectivity index (χ4n) is 5.05. The molecule has 2 heterocycles. The number of likely N-dealkylation sites (tertiary alicyclic amines) is 1. The van der Waals surface area contributed by atoms with Gasteiger partial charge in [0.1, 0.15) is 0 Å². The lowest BCUT2D eigenvalue weighted by molar-refractivity contribution is 0.177. The summed E-state index contributed by atoms with van der Waals surface area (Å²) in [6.45, 7) is 16.5. The summed E-state index contributed by atoms with van der Waals surface area (Å²) in [5.41, 5.74) is 7.05. The van der Waals surface area contributed by atoms with E-state index >= 15 is 0 Å². The van der Waals surface area contributed by atoms with Crippen LogP contribution in [0.15, 0.2) is 54.6 Å². The second kappa shape index (κ2) is 8.51. The molecule has 0 aliphatic carbocycles. The molecule has 0 unspecified atom stereocenters. The number of amides is 2. The SMILES string of the molecule is C=C(C)CN1CCC2(CC1)CN(C(=O)Nc1ccc(C(C)C)cc1)c1ccc(C)cc12. The van der Waals surface area contributed by atoms with Gasteiger partial charge in [0.25, 0.3) is 0 Å². The van der Waals surface area contributed by atoms with Crippen LogP contribution in [0.3, 0.4) is 0 Å². The number of hydrogen-bond donors (Lipinski definition) is 1. The third-order valence-electron chi connectivity index (χ3n) is 6.86. The van der Waals surface area contributed by atoms with Crippen molar-refractivity contribution in [3.05, 3.63) is 71.3 Å². The maximum atomic E-state index is 13.3. The smallest absolute Gasteiger partial charge is 0.308 e. The highest BCUT2D eigenvalue weighted by molar-refractivity contribution is 6.03. The predicted octanol–water partition coefficient (Wildman–Crippen LogP) is 6.08. The summed E-state index contributed by atoms with van der Waals surface area (Å²) in [5.74, 6) is 0.481. The standard InChI is InChI=1S/C27H35N3O/c1-19(2)17-29-14-12-27(13-15-29)18-30(25-11-6-21(5)16-24(25)27)26(31)28-23-9-7-22(8-10-23)20(3)4/h6-11,16,20H,1,12-15,17-18H2,2-5H3,(H,28,31). The van der Waals surface area contributed by atoms with Crippen LogP contribution >= 0.6 is 0 Å². The summed E-state index contributed by atoms with van der Waals surface area (Å²) >= 11 is 0.